The van der Waals surface area contributed by atoms with Crippen molar-refractivity contribution in [3.05, 3.63) is 12.2 Å². The Hall–Kier alpha value is -0.163. The number of rotatable bonds is 8. The molecule has 0 aromatic carbocycles. The Morgan fingerprint density at radius 2 is 1.70 bits per heavy atom. The summed E-state index contributed by atoms with van der Waals surface area (Å²) >= 11 is 0. The third kappa shape index (κ3) is 3.94. The molecule has 2 aliphatic carbocycles. The van der Waals surface area contributed by atoms with Gasteiger partial charge in [-0.2, -0.15) is 0 Å². The fourth-order valence-electron chi connectivity index (χ4n) is 3.65. The third-order valence-corrected chi connectivity index (χ3v) is 7.56. The van der Waals surface area contributed by atoms with Gasteiger partial charge in [-0.25, -0.2) is 0 Å². The fourth-order valence-corrected chi connectivity index (χ4v) is 6.50. The minimum absolute atomic E-state index is 0.153. The minimum Gasteiger partial charge on any atom is -0.377 e. The molecule has 2 bridgehead atoms. The second-order valence-corrected chi connectivity index (χ2v) is 9.55. The van der Waals surface area contributed by atoms with Gasteiger partial charge < -0.3 is 13.3 Å². The molecule has 3 atom stereocenters. The lowest BCUT2D eigenvalue weighted by atomic mass is 9.91. The Balaban J connectivity index is 1.94. The maximum atomic E-state index is 6.11. The maximum absolute atomic E-state index is 6.11. The molecule has 0 saturated heterocycles. The first-order valence-electron chi connectivity index (χ1n) is 8.03. The van der Waals surface area contributed by atoms with Gasteiger partial charge >= 0.3 is 8.80 Å². The highest BCUT2D eigenvalue weighted by Gasteiger charge is 2.44. The number of hydrogen-bond donors (Lipinski definition) is 0. The second-order valence-electron chi connectivity index (χ2n) is 6.80. The largest absolute Gasteiger partial charge is 0.501 e. The van der Waals surface area contributed by atoms with Gasteiger partial charge in [-0.05, 0) is 64.7 Å². The molecule has 0 aromatic rings. The van der Waals surface area contributed by atoms with Crippen LogP contribution in [0.25, 0.3) is 0 Å². The van der Waals surface area contributed by atoms with Gasteiger partial charge in [0.15, 0.2) is 0 Å². The van der Waals surface area contributed by atoms with E-state index in [2.05, 4.69) is 39.8 Å². The van der Waals surface area contributed by atoms with E-state index in [9.17, 15) is 0 Å². The van der Waals surface area contributed by atoms with Crippen molar-refractivity contribution in [2.24, 2.45) is 17.8 Å². The fraction of sp³-hybridized carbons (Fsp3) is 0.875. The van der Waals surface area contributed by atoms with Crippen molar-refractivity contribution in [3.8, 4) is 0 Å². The molecule has 0 aromatic heterocycles. The summed E-state index contributed by atoms with van der Waals surface area (Å²) in [6.07, 6.45) is 9.01. The van der Waals surface area contributed by atoms with Crippen LogP contribution in [0.2, 0.25) is 6.04 Å². The number of hydrogen-bond acceptors (Lipinski definition) is 3. The van der Waals surface area contributed by atoms with Crippen LogP contribution in [0.3, 0.4) is 0 Å². The van der Waals surface area contributed by atoms with E-state index in [1.54, 1.807) is 7.11 Å². The average Bonchev–Trinajstić information content (AvgIpc) is 2.96. The van der Waals surface area contributed by atoms with Crippen LogP contribution in [0.4, 0.5) is 0 Å². The first-order chi connectivity index (χ1) is 9.44. The van der Waals surface area contributed by atoms with Crippen LogP contribution in [0.5, 0.6) is 0 Å². The molecule has 4 heteroatoms. The van der Waals surface area contributed by atoms with Crippen molar-refractivity contribution >= 4 is 8.80 Å². The minimum atomic E-state index is -2.51. The molecule has 0 spiro atoms. The van der Waals surface area contributed by atoms with Crippen LogP contribution in [-0.4, -0.2) is 28.1 Å². The van der Waals surface area contributed by atoms with Gasteiger partial charge in [0.1, 0.15) is 0 Å². The second kappa shape index (κ2) is 6.73. The van der Waals surface area contributed by atoms with Crippen molar-refractivity contribution in [2.45, 2.75) is 65.2 Å². The summed E-state index contributed by atoms with van der Waals surface area (Å²) in [5.74, 6) is 2.43. The zero-order valence-electron chi connectivity index (χ0n) is 13.6. The average molecular weight is 298 g/mol. The smallest absolute Gasteiger partial charge is 0.377 e. The van der Waals surface area contributed by atoms with E-state index < -0.39 is 8.80 Å². The topological polar surface area (TPSA) is 27.7 Å². The van der Waals surface area contributed by atoms with E-state index in [4.69, 9.17) is 13.3 Å². The van der Waals surface area contributed by atoms with Crippen LogP contribution in [-0.2, 0) is 13.3 Å². The molecular weight excluding hydrogens is 268 g/mol. The highest BCUT2D eigenvalue weighted by molar-refractivity contribution is 6.60. The molecule has 0 radical (unpaired) electrons. The number of allylic oxidation sites excluding steroid dienone is 2. The summed E-state index contributed by atoms with van der Waals surface area (Å²) < 4.78 is 18.0. The summed E-state index contributed by atoms with van der Waals surface area (Å²) in [6, 6.07) is 0.946. The molecule has 20 heavy (non-hydrogen) atoms. The number of fused-ring (bicyclic) bond motifs is 2. The third-order valence-electron chi connectivity index (χ3n) is 4.38. The maximum Gasteiger partial charge on any atom is 0.501 e. The lowest BCUT2D eigenvalue weighted by Gasteiger charge is -2.33. The zero-order chi connectivity index (χ0) is 14.8. The molecular formula is C16H30O3Si. The van der Waals surface area contributed by atoms with Crippen LogP contribution >= 0.6 is 0 Å². The van der Waals surface area contributed by atoms with E-state index in [-0.39, 0.29) is 12.2 Å². The molecule has 0 heterocycles. The van der Waals surface area contributed by atoms with Crippen molar-refractivity contribution in [1.82, 2.24) is 0 Å². The standard InChI is InChI=1S/C16H30O3Si/c1-12(2)18-20(17-5,19-13(3)4)9-8-16-11-14-6-7-15(16)10-14/h6-7,12-16H,8-11H2,1-5H3. The summed E-state index contributed by atoms with van der Waals surface area (Å²) in [7, 11) is -0.767. The van der Waals surface area contributed by atoms with Crippen molar-refractivity contribution in [1.29, 1.82) is 0 Å². The summed E-state index contributed by atoms with van der Waals surface area (Å²) in [4.78, 5) is 0. The molecule has 1 fully saturated rings. The SMILES string of the molecule is CO[Si](CCC1CC2C=CC1C2)(OC(C)C)OC(C)C. The first kappa shape index (κ1) is 16.2. The summed E-state index contributed by atoms with van der Waals surface area (Å²) in [5.41, 5.74) is 0. The Labute approximate surface area is 125 Å². The van der Waals surface area contributed by atoms with Gasteiger partial charge in [0.05, 0.1) is 0 Å². The quantitative estimate of drug-likeness (QED) is 0.500. The Morgan fingerprint density at radius 3 is 2.10 bits per heavy atom. The molecule has 2 rings (SSSR count). The van der Waals surface area contributed by atoms with Gasteiger partial charge in [0.25, 0.3) is 0 Å². The first-order valence-corrected chi connectivity index (χ1v) is 9.96. The zero-order valence-corrected chi connectivity index (χ0v) is 14.6. The predicted molar refractivity (Wildman–Crippen MR) is 83.5 cm³/mol. The van der Waals surface area contributed by atoms with Gasteiger partial charge in [-0.15, -0.1) is 0 Å². The summed E-state index contributed by atoms with van der Waals surface area (Å²) in [6.45, 7) is 8.24. The molecule has 0 N–H and O–H groups in total. The van der Waals surface area contributed by atoms with Crippen molar-refractivity contribution < 1.29 is 13.3 Å². The van der Waals surface area contributed by atoms with Crippen molar-refractivity contribution in [3.63, 3.8) is 0 Å². The molecule has 1 saturated carbocycles. The monoisotopic (exact) mass is 298 g/mol. The van der Waals surface area contributed by atoms with E-state index in [1.165, 1.54) is 19.3 Å². The predicted octanol–water partition coefficient (Wildman–Crippen LogP) is 4.02. The van der Waals surface area contributed by atoms with Gasteiger partial charge in [-0.1, -0.05) is 12.2 Å². The van der Waals surface area contributed by atoms with E-state index >= 15 is 0 Å². The van der Waals surface area contributed by atoms with E-state index in [0.717, 1.165) is 23.8 Å². The van der Waals surface area contributed by atoms with Crippen LogP contribution in [0, 0.1) is 17.8 Å². The highest BCUT2D eigenvalue weighted by Crippen LogP contribution is 2.46. The van der Waals surface area contributed by atoms with Crippen LogP contribution in [0.1, 0.15) is 47.0 Å². The molecule has 0 amide bonds. The van der Waals surface area contributed by atoms with Crippen LogP contribution in [0.15, 0.2) is 12.2 Å². The highest BCUT2D eigenvalue weighted by atomic mass is 28.4. The summed E-state index contributed by atoms with van der Waals surface area (Å²) in [5, 5.41) is 0. The lowest BCUT2D eigenvalue weighted by molar-refractivity contribution is 0.0312. The molecule has 116 valence electrons. The van der Waals surface area contributed by atoms with Gasteiger partial charge in [0.2, 0.25) is 0 Å². The van der Waals surface area contributed by atoms with Gasteiger partial charge in [0, 0.05) is 25.4 Å². The van der Waals surface area contributed by atoms with Gasteiger partial charge in [-0.3, -0.25) is 0 Å². The molecule has 3 unspecified atom stereocenters. The molecule has 2 aliphatic rings. The van der Waals surface area contributed by atoms with Crippen molar-refractivity contribution in [2.75, 3.05) is 7.11 Å². The lowest BCUT2D eigenvalue weighted by Crippen LogP contribution is -2.48. The van der Waals surface area contributed by atoms with E-state index in [1.807, 2.05) is 0 Å². The molecule has 0 aliphatic heterocycles. The van der Waals surface area contributed by atoms with E-state index in [0.29, 0.717) is 0 Å². The Morgan fingerprint density at radius 1 is 1.05 bits per heavy atom. The Bertz CT molecular complexity index is 331. The molecule has 3 nitrogen and oxygen atoms in total. The normalized spacial score (nSPS) is 29.1. The van der Waals surface area contributed by atoms with Crippen LogP contribution < -0.4 is 0 Å². The Kier molecular flexibility index (Phi) is 5.46.